The van der Waals surface area contributed by atoms with Crippen LogP contribution >= 0.6 is 11.3 Å². The van der Waals surface area contributed by atoms with E-state index in [0.29, 0.717) is 24.5 Å². The second-order valence-corrected chi connectivity index (χ2v) is 8.87. The lowest BCUT2D eigenvalue weighted by Gasteiger charge is -2.32. The van der Waals surface area contributed by atoms with Crippen LogP contribution in [0.4, 0.5) is 5.13 Å². The van der Waals surface area contributed by atoms with E-state index in [9.17, 15) is 9.59 Å². The fourth-order valence-electron chi connectivity index (χ4n) is 4.35. The van der Waals surface area contributed by atoms with Gasteiger partial charge in [-0.15, -0.1) is 0 Å². The van der Waals surface area contributed by atoms with Gasteiger partial charge in [0, 0.05) is 39.0 Å². The number of amides is 1. The van der Waals surface area contributed by atoms with Crippen LogP contribution in [0.15, 0.2) is 6.20 Å². The summed E-state index contributed by atoms with van der Waals surface area (Å²) in [4.78, 5) is 33.9. The van der Waals surface area contributed by atoms with E-state index in [0.717, 1.165) is 55.5 Å². The van der Waals surface area contributed by atoms with Gasteiger partial charge in [-0.1, -0.05) is 18.3 Å². The first kappa shape index (κ1) is 16.1. The van der Waals surface area contributed by atoms with Crippen molar-refractivity contribution in [1.29, 1.82) is 0 Å². The van der Waals surface area contributed by atoms with Crippen molar-refractivity contribution < 1.29 is 9.59 Å². The maximum Gasteiger partial charge on any atom is 0.265 e. The summed E-state index contributed by atoms with van der Waals surface area (Å²) in [5.41, 5.74) is 0.196. The minimum absolute atomic E-state index is 0.125. The van der Waals surface area contributed by atoms with E-state index in [1.54, 1.807) is 6.20 Å². The Morgan fingerprint density at radius 3 is 2.79 bits per heavy atom. The van der Waals surface area contributed by atoms with Crippen LogP contribution < -0.4 is 4.90 Å². The van der Waals surface area contributed by atoms with E-state index >= 15 is 0 Å². The molecule has 0 unspecified atom stereocenters. The molecule has 130 valence electrons. The molecule has 0 radical (unpaired) electrons. The van der Waals surface area contributed by atoms with E-state index in [1.165, 1.54) is 17.8 Å². The van der Waals surface area contributed by atoms with Gasteiger partial charge in [-0.05, 0) is 37.0 Å². The topological polar surface area (TPSA) is 53.5 Å². The molecule has 4 rings (SSSR count). The first-order chi connectivity index (χ1) is 11.5. The maximum atomic E-state index is 12.8. The zero-order valence-electron chi connectivity index (χ0n) is 14.3. The SMILES string of the molecule is C[C@H]1CCN(c2ncc(C(=O)N3CCC4(CCC(=O)CC4)C3)s2)C1. The number of carbonyl (C=O) groups is 2. The summed E-state index contributed by atoms with van der Waals surface area (Å²) in [5, 5.41) is 0.986. The summed E-state index contributed by atoms with van der Waals surface area (Å²) in [5.74, 6) is 1.22. The molecule has 3 aliphatic rings. The van der Waals surface area contributed by atoms with E-state index in [2.05, 4.69) is 16.8 Å². The van der Waals surface area contributed by atoms with Gasteiger partial charge in [-0.2, -0.15) is 0 Å². The van der Waals surface area contributed by atoms with Crippen LogP contribution in [0.3, 0.4) is 0 Å². The molecule has 1 saturated carbocycles. The van der Waals surface area contributed by atoms with Crippen molar-refractivity contribution in [2.45, 2.75) is 45.4 Å². The highest BCUT2D eigenvalue weighted by molar-refractivity contribution is 7.17. The monoisotopic (exact) mass is 347 g/mol. The fourth-order valence-corrected chi connectivity index (χ4v) is 5.27. The Hall–Kier alpha value is -1.43. The van der Waals surface area contributed by atoms with Gasteiger partial charge in [0.2, 0.25) is 0 Å². The Labute approximate surface area is 147 Å². The molecule has 1 atom stereocenters. The molecular weight excluding hydrogens is 322 g/mol. The summed E-state index contributed by atoms with van der Waals surface area (Å²) in [6.45, 7) is 5.98. The molecule has 3 heterocycles. The molecule has 24 heavy (non-hydrogen) atoms. The summed E-state index contributed by atoms with van der Waals surface area (Å²) in [6.07, 6.45) is 7.29. The summed E-state index contributed by atoms with van der Waals surface area (Å²) < 4.78 is 0. The molecule has 1 amide bonds. The predicted octanol–water partition coefficient (Wildman–Crippen LogP) is 2.96. The second kappa shape index (κ2) is 6.14. The van der Waals surface area contributed by atoms with Gasteiger partial charge in [0.15, 0.2) is 5.13 Å². The van der Waals surface area contributed by atoms with Crippen LogP contribution in [-0.2, 0) is 4.79 Å². The fraction of sp³-hybridized carbons (Fsp3) is 0.722. The first-order valence-corrected chi connectivity index (χ1v) is 9.88. The van der Waals surface area contributed by atoms with E-state index in [1.807, 2.05) is 4.90 Å². The number of ketones is 1. The molecule has 0 bridgehead atoms. The Morgan fingerprint density at radius 1 is 1.29 bits per heavy atom. The Kier molecular flexibility index (Phi) is 4.11. The molecule has 5 nitrogen and oxygen atoms in total. The molecule has 1 aromatic rings. The Bertz CT molecular complexity index is 646. The third-order valence-corrected chi connectivity index (χ3v) is 7.04. The number of likely N-dealkylation sites (tertiary alicyclic amines) is 1. The average molecular weight is 347 g/mol. The number of hydrogen-bond donors (Lipinski definition) is 0. The summed E-state index contributed by atoms with van der Waals surface area (Å²) in [7, 11) is 0. The third kappa shape index (κ3) is 2.96. The molecule has 2 saturated heterocycles. The predicted molar refractivity (Wildman–Crippen MR) is 94.5 cm³/mol. The molecule has 3 fully saturated rings. The smallest absolute Gasteiger partial charge is 0.265 e. The average Bonchev–Trinajstić information content (AvgIpc) is 3.30. The molecular formula is C18H25N3O2S. The maximum absolute atomic E-state index is 12.8. The summed E-state index contributed by atoms with van der Waals surface area (Å²) >= 11 is 1.53. The second-order valence-electron chi connectivity index (χ2n) is 7.86. The number of thiazole rings is 1. The van der Waals surface area contributed by atoms with Crippen molar-refractivity contribution in [2.24, 2.45) is 11.3 Å². The lowest BCUT2D eigenvalue weighted by atomic mass is 9.73. The van der Waals surface area contributed by atoms with Crippen molar-refractivity contribution in [3.63, 3.8) is 0 Å². The Balaban J connectivity index is 1.41. The first-order valence-electron chi connectivity index (χ1n) is 9.06. The highest BCUT2D eigenvalue weighted by Gasteiger charge is 2.42. The van der Waals surface area contributed by atoms with Gasteiger partial charge in [0.1, 0.15) is 10.7 Å². The van der Waals surface area contributed by atoms with E-state index in [-0.39, 0.29) is 11.3 Å². The lowest BCUT2D eigenvalue weighted by Crippen LogP contribution is -2.34. The van der Waals surface area contributed by atoms with Gasteiger partial charge >= 0.3 is 0 Å². The lowest BCUT2D eigenvalue weighted by molar-refractivity contribution is -0.122. The Morgan fingerprint density at radius 2 is 2.08 bits per heavy atom. The third-order valence-electron chi connectivity index (χ3n) is 5.99. The van der Waals surface area contributed by atoms with Crippen molar-refractivity contribution in [3.8, 4) is 0 Å². The standard InChI is InChI=1S/C18H25N3O2S/c1-13-4-8-20(11-13)17-19-10-15(24-17)16(23)21-9-7-18(12-21)5-2-14(22)3-6-18/h10,13H,2-9,11-12H2,1H3/t13-/m0/s1. The summed E-state index contributed by atoms with van der Waals surface area (Å²) in [6, 6.07) is 0. The number of Topliss-reactive ketones (excluding diaryl/α,β-unsaturated/α-hetero) is 1. The zero-order valence-corrected chi connectivity index (χ0v) is 15.1. The highest BCUT2D eigenvalue weighted by atomic mass is 32.1. The number of carbonyl (C=O) groups excluding carboxylic acids is 2. The number of nitrogens with zero attached hydrogens (tertiary/aromatic N) is 3. The molecule has 0 N–H and O–H groups in total. The number of rotatable bonds is 2. The minimum atomic E-state index is 0.125. The zero-order chi connectivity index (χ0) is 16.7. The largest absolute Gasteiger partial charge is 0.348 e. The number of aromatic nitrogens is 1. The van der Waals surface area contributed by atoms with Crippen molar-refractivity contribution in [3.05, 3.63) is 11.1 Å². The number of hydrogen-bond acceptors (Lipinski definition) is 5. The highest BCUT2D eigenvalue weighted by Crippen LogP contribution is 2.43. The van der Waals surface area contributed by atoms with Crippen molar-refractivity contribution in [1.82, 2.24) is 9.88 Å². The van der Waals surface area contributed by atoms with Crippen LogP contribution in [0.25, 0.3) is 0 Å². The van der Waals surface area contributed by atoms with E-state index < -0.39 is 0 Å². The van der Waals surface area contributed by atoms with Gasteiger partial charge in [0.05, 0.1) is 6.20 Å². The minimum Gasteiger partial charge on any atom is -0.348 e. The van der Waals surface area contributed by atoms with Crippen LogP contribution in [0.1, 0.15) is 55.1 Å². The van der Waals surface area contributed by atoms with Gasteiger partial charge < -0.3 is 9.80 Å². The number of anilines is 1. The van der Waals surface area contributed by atoms with Crippen LogP contribution in [0, 0.1) is 11.3 Å². The molecule has 1 aliphatic carbocycles. The van der Waals surface area contributed by atoms with Gasteiger partial charge in [-0.25, -0.2) is 4.98 Å². The van der Waals surface area contributed by atoms with Crippen molar-refractivity contribution in [2.75, 3.05) is 31.1 Å². The molecule has 1 spiro atoms. The molecule has 1 aromatic heterocycles. The van der Waals surface area contributed by atoms with Gasteiger partial charge in [-0.3, -0.25) is 9.59 Å². The normalized spacial score (nSPS) is 26.5. The van der Waals surface area contributed by atoms with Crippen molar-refractivity contribution >= 4 is 28.2 Å². The molecule has 2 aliphatic heterocycles. The quantitative estimate of drug-likeness (QED) is 0.825. The van der Waals surface area contributed by atoms with E-state index in [4.69, 9.17) is 0 Å². The van der Waals surface area contributed by atoms with Gasteiger partial charge in [0.25, 0.3) is 5.91 Å². The molecule has 0 aromatic carbocycles. The molecule has 6 heteroatoms. The van der Waals surface area contributed by atoms with Crippen LogP contribution in [-0.4, -0.2) is 47.8 Å². The van der Waals surface area contributed by atoms with Crippen LogP contribution in [0.5, 0.6) is 0 Å². The van der Waals surface area contributed by atoms with Crippen LogP contribution in [0.2, 0.25) is 0 Å².